The zero-order valence-electron chi connectivity index (χ0n) is 10.8. The van der Waals surface area contributed by atoms with Gasteiger partial charge in [-0.3, -0.25) is 9.80 Å². The molecule has 2 fully saturated rings. The summed E-state index contributed by atoms with van der Waals surface area (Å²) in [6, 6.07) is 11.4. The number of fused-ring (bicyclic) bond motifs is 1. The molecule has 0 aliphatic carbocycles. The van der Waals surface area contributed by atoms with Gasteiger partial charge in [-0.2, -0.15) is 0 Å². The van der Waals surface area contributed by atoms with Crippen LogP contribution in [-0.4, -0.2) is 53.7 Å². The molecular weight excluding hydrogens is 224 g/mol. The molecule has 3 rings (SSSR count). The van der Waals surface area contributed by atoms with Gasteiger partial charge >= 0.3 is 0 Å². The minimum Gasteiger partial charge on any atom is -0.396 e. The zero-order chi connectivity index (χ0) is 12.4. The third-order valence-corrected chi connectivity index (χ3v) is 4.29. The first-order valence-electron chi connectivity index (χ1n) is 6.96. The lowest BCUT2D eigenvalue weighted by Gasteiger charge is -2.37. The van der Waals surface area contributed by atoms with Crippen molar-refractivity contribution in [3.63, 3.8) is 0 Å². The van der Waals surface area contributed by atoms with Gasteiger partial charge in [0.25, 0.3) is 0 Å². The largest absolute Gasteiger partial charge is 0.396 e. The Hall–Kier alpha value is -0.900. The van der Waals surface area contributed by atoms with Crippen molar-refractivity contribution in [2.75, 3.05) is 32.8 Å². The Balaban J connectivity index is 1.58. The lowest BCUT2D eigenvalue weighted by atomic mass is 10.1. The normalized spacial score (nSPS) is 29.4. The van der Waals surface area contributed by atoms with Crippen molar-refractivity contribution in [1.82, 2.24) is 9.80 Å². The molecule has 1 unspecified atom stereocenters. The van der Waals surface area contributed by atoms with E-state index in [-0.39, 0.29) is 0 Å². The molecule has 2 saturated heterocycles. The summed E-state index contributed by atoms with van der Waals surface area (Å²) >= 11 is 0. The van der Waals surface area contributed by atoms with Gasteiger partial charge in [-0.05, 0) is 17.9 Å². The molecular formula is C15H22N2O. The molecule has 3 heteroatoms. The van der Waals surface area contributed by atoms with Gasteiger partial charge in [0.2, 0.25) is 0 Å². The van der Waals surface area contributed by atoms with E-state index in [4.69, 9.17) is 0 Å². The second-order valence-corrected chi connectivity index (χ2v) is 5.65. The molecule has 2 heterocycles. The highest BCUT2D eigenvalue weighted by molar-refractivity contribution is 5.14. The summed E-state index contributed by atoms with van der Waals surface area (Å²) in [4.78, 5) is 5.11. The highest BCUT2D eigenvalue weighted by Gasteiger charge is 2.35. The molecule has 0 radical (unpaired) electrons. The summed E-state index contributed by atoms with van der Waals surface area (Å²) in [7, 11) is 0. The highest BCUT2D eigenvalue weighted by atomic mass is 16.3. The van der Waals surface area contributed by atoms with Crippen LogP contribution >= 0.6 is 0 Å². The topological polar surface area (TPSA) is 26.7 Å². The zero-order valence-corrected chi connectivity index (χ0v) is 10.8. The second-order valence-electron chi connectivity index (χ2n) is 5.65. The maximum absolute atomic E-state index is 9.27. The molecule has 98 valence electrons. The van der Waals surface area contributed by atoms with Gasteiger partial charge in [-0.1, -0.05) is 30.3 Å². The molecule has 0 bridgehead atoms. The Bertz CT molecular complexity index is 381. The smallest absolute Gasteiger partial charge is 0.0472 e. The standard InChI is InChI=1S/C15H22N2O/c18-12-14-8-15-11-16(6-7-17(15)10-14)9-13-4-2-1-3-5-13/h1-5,14-15,18H,6-12H2/t14-,15?/m0/s1. The van der Waals surface area contributed by atoms with Crippen LogP contribution in [0.3, 0.4) is 0 Å². The van der Waals surface area contributed by atoms with Crippen LogP contribution in [0.25, 0.3) is 0 Å². The first-order valence-corrected chi connectivity index (χ1v) is 6.96. The number of benzene rings is 1. The Morgan fingerprint density at radius 2 is 1.94 bits per heavy atom. The number of rotatable bonds is 3. The van der Waals surface area contributed by atoms with Crippen molar-refractivity contribution in [3.05, 3.63) is 35.9 Å². The maximum atomic E-state index is 9.27. The summed E-state index contributed by atoms with van der Waals surface area (Å²) in [6.45, 7) is 5.99. The number of hydrogen-bond acceptors (Lipinski definition) is 3. The Labute approximate surface area is 109 Å². The molecule has 0 spiro atoms. The monoisotopic (exact) mass is 246 g/mol. The van der Waals surface area contributed by atoms with Crippen molar-refractivity contribution in [2.24, 2.45) is 5.92 Å². The third-order valence-electron chi connectivity index (χ3n) is 4.29. The summed E-state index contributed by atoms with van der Waals surface area (Å²) in [5, 5.41) is 9.27. The molecule has 2 aliphatic rings. The van der Waals surface area contributed by atoms with Crippen LogP contribution in [-0.2, 0) is 6.54 Å². The lowest BCUT2D eigenvalue weighted by molar-refractivity contribution is 0.0985. The van der Waals surface area contributed by atoms with Gasteiger partial charge < -0.3 is 5.11 Å². The maximum Gasteiger partial charge on any atom is 0.0472 e. The number of aliphatic hydroxyl groups excluding tert-OH is 1. The van der Waals surface area contributed by atoms with Gasteiger partial charge in [-0.15, -0.1) is 0 Å². The predicted octanol–water partition coefficient (Wildman–Crippen LogP) is 1.18. The molecule has 2 atom stereocenters. The number of piperazine rings is 1. The van der Waals surface area contributed by atoms with Gasteiger partial charge in [0.05, 0.1) is 0 Å². The number of hydrogen-bond donors (Lipinski definition) is 1. The summed E-state index contributed by atoms with van der Waals surface area (Å²) < 4.78 is 0. The van der Waals surface area contributed by atoms with E-state index in [0.29, 0.717) is 18.6 Å². The summed E-state index contributed by atoms with van der Waals surface area (Å²) in [5.74, 6) is 0.506. The Kier molecular flexibility index (Phi) is 3.64. The highest BCUT2D eigenvalue weighted by Crippen LogP contribution is 2.26. The molecule has 3 nitrogen and oxygen atoms in total. The first-order chi connectivity index (χ1) is 8.85. The molecule has 2 aliphatic heterocycles. The van der Waals surface area contributed by atoms with E-state index in [1.54, 1.807) is 0 Å². The van der Waals surface area contributed by atoms with Crippen LogP contribution in [0.5, 0.6) is 0 Å². The van der Waals surface area contributed by atoms with Gasteiger partial charge in [-0.25, -0.2) is 0 Å². The van der Waals surface area contributed by atoms with Crippen molar-refractivity contribution in [3.8, 4) is 0 Å². The van der Waals surface area contributed by atoms with Crippen LogP contribution in [0.2, 0.25) is 0 Å². The van der Waals surface area contributed by atoms with Crippen LogP contribution in [0, 0.1) is 5.92 Å². The SMILES string of the molecule is OC[C@H]1CC2CN(Cc3ccccc3)CCN2C1. The van der Waals surface area contributed by atoms with E-state index in [1.807, 2.05) is 0 Å². The third kappa shape index (κ3) is 2.58. The average molecular weight is 246 g/mol. The quantitative estimate of drug-likeness (QED) is 0.868. The average Bonchev–Trinajstić information content (AvgIpc) is 2.82. The molecule has 1 aromatic rings. The predicted molar refractivity (Wildman–Crippen MR) is 72.3 cm³/mol. The molecule has 18 heavy (non-hydrogen) atoms. The minimum absolute atomic E-state index is 0.353. The fourth-order valence-corrected chi connectivity index (χ4v) is 3.33. The van der Waals surface area contributed by atoms with Crippen LogP contribution in [0.15, 0.2) is 30.3 Å². The van der Waals surface area contributed by atoms with Crippen molar-refractivity contribution < 1.29 is 5.11 Å². The molecule has 0 saturated carbocycles. The lowest BCUT2D eigenvalue weighted by Crippen LogP contribution is -2.49. The first kappa shape index (κ1) is 12.2. The van der Waals surface area contributed by atoms with Gasteiger partial charge in [0.1, 0.15) is 0 Å². The molecule has 1 aromatic carbocycles. The van der Waals surface area contributed by atoms with E-state index in [9.17, 15) is 5.11 Å². The molecule has 0 amide bonds. The van der Waals surface area contributed by atoms with Crippen molar-refractivity contribution >= 4 is 0 Å². The summed E-state index contributed by atoms with van der Waals surface area (Å²) in [5.41, 5.74) is 1.41. The number of nitrogens with zero attached hydrogens (tertiary/aromatic N) is 2. The summed E-state index contributed by atoms with van der Waals surface area (Å²) in [6.07, 6.45) is 1.17. The van der Waals surface area contributed by atoms with Crippen LogP contribution < -0.4 is 0 Å². The van der Waals surface area contributed by atoms with E-state index >= 15 is 0 Å². The Morgan fingerprint density at radius 3 is 2.72 bits per heavy atom. The fraction of sp³-hybridized carbons (Fsp3) is 0.600. The van der Waals surface area contributed by atoms with E-state index < -0.39 is 0 Å². The van der Waals surface area contributed by atoms with Gasteiger partial charge in [0.15, 0.2) is 0 Å². The minimum atomic E-state index is 0.353. The van der Waals surface area contributed by atoms with Crippen molar-refractivity contribution in [2.45, 2.75) is 19.0 Å². The van der Waals surface area contributed by atoms with E-state index in [1.165, 1.54) is 12.0 Å². The second kappa shape index (κ2) is 5.39. The molecule has 0 aromatic heterocycles. The van der Waals surface area contributed by atoms with E-state index in [2.05, 4.69) is 40.1 Å². The molecule has 1 N–H and O–H groups in total. The van der Waals surface area contributed by atoms with Crippen LogP contribution in [0.4, 0.5) is 0 Å². The van der Waals surface area contributed by atoms with Crippen molar-refractivity contribution in [1.29, 1.82) is 0 Å². The van der Waals surface area contributed by atoms with Gasteiger partial charge in [0, 0.05) is 45.4 Å². The Morgan fingerprint density at radius 1 is 1.11 bits per heavy atom. The van der Waals surface area contributed by atoms with E-state index in [0.717, 1.165) is 32.7 Å². The van der Waals surface area contributed by atoms with Crippen LogP contribution in [0.1, 0.15) is 12.0 Å². The number of aliphatic hydroxyl groups is 1. The fourth-order valence-electron chi connectivity index (χ4n) is 3.33.